The van der Waals surface area contributed by atoms with Crippen LogP contribution in [0.1, 0.15) is 32.3 Å². The molecule has 0 unspecified atom stereocenters. The highest BCUT2D eigenvalue weighted by Crippen LogP contribution is 2.07. The van der Waals surface area contributed by atoms with Crippen molar-refractivity contribution in [3.05, 3.63) is 35.9 Å². The van der Waals surface area contributed by atoms with Crippen molar-refractivity contribution in [3.63, 3.8) is 0 Å². The molecule has 0 saturated carbocycles. The molecule has 0 aromatic heterocycles. The van der Waals surface area contributed by atoms with Gasteiger partial charge >= 0.3 is 5.97 Å². The van der Waals surface area contributed by atoms with E-state index in [-0.39, 0.29) is 0 Å². The molecule has 1 rings (SSSR count). The summed E-state index contributed by atoms with van der Waals surface area (Å²) in [4.78, 5) is 15.4. The molecule has 0 aliphatic heterocycles. The van der Waals surface area contributed by atoms with E-state index in [9.17, 15) is 4.79 Å². The van der Waals surface area contributed by atoms with E-state index in [0.717, 1.165) is 11.3 Å². The fourth-order valence-corrected chi connectivity index (χ4v) is 1.30. The number of rotatable bonds is 4. The van der Waals surface area contributed by atoms with Crippen molar-refractivity contribution in [2.45, 2.75) is 26.7 Å². The zero-order valence-corrected chi connectivity index (χ0v) is 10.1. The monoisotopic (exact) mass is 229 g/mol. The molecular formula is C14H15NO2. The van der Waals surface area contributed by atoms with E-state index < -0.39 is 5.97 Å². The fourth-order valence-electron chi connectivity index (χ4n) is 1.30. The van der Waals surface area contributed by atoms with Crippen LogP contribution in [0.3, 0.4) is 0 Å². The molecule has 0 amide bonds. The normalized spacial score (nSPS) is 10.4. The van der Waals surface area contributed by atoms with E-state index in [1.54, 1.807) is 6.92 Å². The average molecular weight is 229 g/mol. The van der Waals surface area contributed by atoms with Gasteiger partial charge in [0.2, 0.25) is 0 Å². The van der Waals surface area contributed by atoms with Gasteiger partial charge in [0.05, 0.1) is 5.71 Å². The van der Waals surface area contributed by atoms with Crippen LogP contribution in [0.5, 0.6) is 0 Å². The van der Waals surface area contributed by atoms with Gasteiger partial charge in [-0.05, 0) is 12.5 Å². The summed E-state index contributed by atoms with van der Waals surface area (Å²) in [5, 5.41) is 3.86. The van der Waals surface area contributed by atoms with Gasteiger partial charge in [-0.2, -0.15) is 0 Å². The van der Waals surface area contributed by atoms with Crippen molar-refractivity contribution >= 4 is 11.7 Å². The Labute approximate surface area is 101 Å². The van der Waals surface area contributed by atoms with Crippen LogP contribution in [0.25, 0.3) is 0 Å². The zero-order chi connectivity index (χ0) is 12.5. The molecule has 0 N–H and O–H groups in total. The highest BCUT2D eigenvalue weighted by molar-refractivity contribution is 6.00. The Balaban J connectivity index is 2.81. The van der Waals surface area contributed by atoms with Crippen molar-refractivity contribution in [1.82, 2.24) is 0 Å². The lowest BCUT2D eigenvalue weighted by atomic mass is 10.1. The van der Waals surface area contributed by atoms with Crippen LogP contribution in [0, 0.1) is 11.8 Å². The molecule has 0 spiro atoms. The van der Waals surface area contributed by atoms with Gasteiger partial charge in [0.1, 0.15) is 0 Å². The summed E-state index contributed by atoms with van der Waals surface area (Å²) < 4.78 is 0. The molecule has 0 atom stereocenters. The van der Waals surface area contributed by atoms with Gasteiger partial charge in [0, 0.05) is 19.8 Å². The molecule has 0 fully saturated rings. The van der Waals surface area contributed by atoms with Crippen molar-refractivity contribution in [1.29, 1.82) is 0 Å². The molecule has 0 heterocycles. The summed E-state index contributed by atoms with van der Waals surface area (Å²) in [5.41, 5.74) is 1.69. The van der Waals surface area contributed by atoms with Crippen molar-refractivity contribution in [2.75, 3.05) is 0 Å². The third kappa shape index (κ3) is 4.98. The van der Waals surface area contributed by atoms with Gasteiger partial charge in [0.15, 0.2) is 0 Å². The maximum absolute atomic E-state index is 10.8. The van der Waals surface area contributed by atoms with Gasteiger partial charge in [-0.25, -0.2) is 4.79 Å². The predicted molar refractivity (Wildman–Crippen MR) is 67.4 cm³/mol. The SMILES string of the molecule is CC#CCC/C(=N/OC(C)=O)c1ccccc1. The molecule has 0 aliphatic rings. The summed E-state index contributed by atoms with van der Waals surface area (Å²) in [5.74, 6) is 5.37. The minimum absolute atomic E-state index is 0.417. The lowest BCUT2D eigenvalue weighted by Gasteiger charge is -2.03. The third-order valence-corrected chi connectivity index (χ3v) is 2.05. The molecular weight excluding hydrogens is 214 g/mol. The summed E-state index contributed by atoms with van der Waals surface area (Å²) in [6.07, 6.45) is 1.36. The number of nitrogens with zero attached hydrogens (tertiary/aromatic N) is 1. The summed E-state index contributed by atoms with van der Waals surface area (Å²) in [7, 11) is 0. The predicted octanol–water partition coefficient (Wildman–Crippen LogP) is 2.76. The van der Waals surface area contributed by atoms with Gasteiger partial charge < -0.3 is 4.84 Å². The Morgan fingerprint density at radius 3 is 2.65 bits per heavy atom. The second kappa shape index (κ2) is 7.24. The zero-order valence-electron chi connectivity index (χ0n) is 10.1. The highest BCUT2D eigenvalue weighted by Gasteiger charge is 2.04. The number of oxime groups is 1. The molecule has 0 radical (unpaired) electrons. The molecule has 0 bridgehead atoms. The standard InChI is InChI=1S/C14H15NO2/c1-3-4-6-11-14(15-17-12(2)16)13-9-7-5-8-10-13/h5,7-10H,6,11H2,1-2H3/b15-14-. The lowest BCUT2D eigenvalue weighted by molar-refractivity contribution is -0.140. The first-order valence-electron chi connectivity index (χ1n) is 5.43. The minimum atomic E-state index is -0.417. The fraction of sp³-hybridized carbons (Fsp3) is 0.286. The Kier molecular flexibility index (Phi) is 5.53. The topological polar surface area (TPSA) is 38.7 Å². The molecule has 0 saturated heterocycles. The first kappa shape index (κ1) is 13.0. The highest BCUT2D eigenvalue weighted by atomic mass is 16.7. The molecule has 0 aliphatic carbocycles. The van der Waals surface area contributed by atoms with Crippen molar-refractivity contribution in [2.24, 2.45) is 5.16 Å². The van der Waals surface area contributed by atoms with Gasteiger partial charge in [0.25, 0.3) is 0 Å². The third-order valence-electron chi connectivity index (χ3n) is 2.05. The van der Waals surface area contributed by atoms with Gasteiger partial charge in [-0.15, -0.1) is 11.8 Å². The van der Waals surface area contributed by atoms with Crippen LogP contribution in [0.15, 0.2) is 35.5 Å². The van der Waals surface area contributed by atoms with Crippen molar-refractivity contribution < 1.29 is 9.63 Å². The second-order valence-corrected chi connectivity index (χ2v) is 3.41. The minimum Gasteiger partial charge on any atom is -0.318 e. The number of hydrogen-bond acceptors (Lipinski definition) is 3. The maximum Gasteiger partial charge on any atom is 0.331 e. The van der Waals surface area contributed by atoms with Crippen molar-refractivity contribution in [3.8, 4) is 11.8 Å². The first-order valence-corrected chi connectivity index (χ1v) is 5.43. The summed E-state index contributed by atoms with van der Waals surface area (Å²) in [6, 6.07) is 9.64. The largest absolute Gasteiger partial charge is 0.331 e. The number of benzene rings is 1. The number of hydrogen-bond donors (Lipinski definition) is 0. The maximum atomic E-state index is 10.8. The Hall–Kier alpha value is -2.08. The Bertz CT molecular complexity index is 452. The van der Waals surface area contributed by atoms with Crippen LogP contribution < -0.4 is 0 Å². The van der Waals surface area contributed by atoms with E-state index >= 15 is 0 Å². The van der Waals surface area contributed by atoms with Crippen LogP contribution in [0.4, 0.5) is 0 Å². The molecule has 88 valence electrons. The Morgan fingerprint density at radius 2 is 2.06 bits per heavy atom. The van der Waals surface area contributed by atoms with E-state index in [0.29, 0.717) is 12.8 Å². The van der Waals surface area contributed by atoms with E-state index in [2.05, 4.69) is 21.8 Å². The molecule has 1 aromatic carbocycles. The number of carbonyl (C=O) groups is 1. The second-order valence-electron chi connectivity index (χ2n) is 3.41. The molecule has 3 nitrogen and oxygen atoms in total. The molecule has 3 heteroatoms. The smallest absolute Gasteiger partial charge is 0.318 e. The van der Waals surface area contributed by atoms with Crippen LogP contribution in [-0.2, 0) is 9.63 Å². The lowest BCUT2D eigenvalue weighted by Crippen LogP contribution is -2.03. The molecule has 17 heavy (non-hydrogen) atoms. The van der Waals surface area contributed by atoms with E-state index in [4.69, 9.17) is 0 Å². The van der Waals surface area contributed by atoms with E-state index in [1.165, 1.54) is 6.92 Å². The van der Waals surface area contributed by atoms with Crippen LogP contribution >= 0.6 is 0 Å². The summed E-state index contributed by atoms with van der Waals surface area (Å²) in [6.45, 7) is 3.13. The van der Waals surface area contributed by atoms with Crippen LogP contribution in [0.2, 0.25) is 0 Å². The number of carbonyl (C=O) groups excluding carboxylic acids is 1. The van der Waals surface area contributed by atoms with Gasteiger partial charge in [-0.1, -0.05) is 35.5 Å². The quantitative estimate of drug-likeness (QED) is 0.344. The average Bonchev–Trinajstić information content (AvgIpc) is 2.34. The summed E-state index contributed by atoms with van der Waals surface area (Å²) >= 11 is 0. The van der Waals surface area contributed by atoms with E-state index in [1.807, 2.05) is 30.3 Å². The van der Waals surface area contributed by atoms with Crippen LogP contribution in [-0.4, -0.2) is 11.7 Å². The Morgan fingerprint density at radius 1 is 1.35 bits per heavy atom. The first-order chi connectivity index (χ1) is 8.24. The molecule has 1 aromatic rings. The van der Waals surface area contributed by atoms with Gasteiger partial charge in [-0.3, -0.25) is 0 Å².